The van der Waals surface area contributed by atoms with Gasteiger partial charge >= 0.3 is 0 Å². The Morgan fingerprint density at radius 1 is 1.21 bits per heavy atom. The molecule has 1 aromatic carbocycles. The van der Waals surface area contributed by atoms with E-state index in [0.717, 1.165) is 30.9 Å². The van der Waals surface area contributed by atoms with Crippen molar-refractivity contribution in [3.05, 3.63) is 48.0 Å². The fraction of sp³-hybridized carbons (Fsp3) is 0.474. The van der Waals surface area contributed by atoms with Crippen LogP contribution in [0.1, 0.15) is 32.3 Å². The van der Waals surface area contributed by atoms with Crippen molar-refractivity contribution in [3.63, 3.8) is 0 Å². The number of amides is 1. The smallest absolute Gasteiger partial charge is 0.244 e. The summed E-state index contributed by atoms with van der Waals surface area (Å²) in [6.07, 6.45) is 6.36. The van der Waals surface area contributed by atoms with Crippen molar-refractivity contribution in [1.29, 1.82) is 0 Å². The largest absolute Gasteiger partial charge is 0.357 e. The van der Waals surface area contributed by atoms with E-state index in [1.54, 1.807) is 0 Å². The van der Waals surface area contributed by atoms with Gasteiger partial charge in [0.2, 0.25) is 5.91 Å². The SMILES string of the molecule is CCNC(=NCC(=O)N(CC)Cc1ccccc1)NC1CC=CC1. The minimum absolute atomic E-state index is 0.0445. The number of carbonyl (C=O) groups is 1. The molecule has 2 rings (SSSR count). The summed E-state index contributed by atoms with van der Waals surface area (Å²) in [6.45, 7) is 6.28. The van der Waals surface area contributed by atoms with E-state index in [0.29, 0.717) is 19.1 Å². The van der Waals surface area contributed by atoms with Gasteiger partial charge in [0.25, 0.3) is 0 Å². The minimum atomic E-state index is 0.0445. The van der Waals surface area contributed by atoms with E-state index in [1.807, 2.05) is 49.1 Å². The number of likely N-dealkylation sites (N-methyl/N-ethyl adjacent to an activating group) is 1. The number of guanidine groups is 1. The molecule has 130 valence electrons. The van der Waals surface area contributed by atoms with Gasteiger partial charge in [0, 0.05) is 25.7 Å². The Kier molecular flexibility index (Phi) is 7.33. The van der Waals surface area contributed by atoms with Gasteiger partial charge in [-0.25, -0.2) is 4.99 Å². The van der Waals surface area contributed by atoms with Crippen LogP contribution in [0.4, 0.5) is 0 Å². The van der Waals surface area contributed by atoms with Crippen molar-refractivity contribution in [2.75, 3.05) is 19.6 Å². The van der Waals surface area contributed by atoms with Crippen LogP contribution in [0.15, 0.2) is 47.5 Å². The average molecular weight is 328 g/mol. The average Bonchev–Trinajstić information content (AvgIpc) is 3.11. The molecule has 0 heterocycles. The number of hydrogen-bond acceptors (Lipinski definition) is 2. The highest BCUT2D eigenvalue weighted by molar-refractivity contribution is 5.85. The van der Waals surface area contributed by atoms with Crippen LogP contribution in [0.5, 0.6) is 0 Å². The van der Waals surface area contributed by atoms with Gasteiger partial charge in [-0.1, -0.05) is 42.5 Å². The summed E-state index contributed by atoms with van der Waals surface area (Å²) in [7, 11) is 0. The fourth-order valence-corrected chi connectivity index (χ4v) is 2.68. The van der Waals surface area contributed by atoms with Gasteiger partial charge in [0.15, 0.2) is 5.96 Å². The third kappa shape index (κ3) is 5.72. The lowest BCUT2D eigenvalue weighted by atomic mass is 10.2. The lowest BCUT2D eigenvalue weighted by Crippen LogP contribution is -2.43. The fourth-order valence-electron chi connectivity index (χ4n) is 2.68. The van der Waals surface area contributed by atoms with E-state index < -0.39 is 0 Å². The predicted molar refractivity (Wildman–Crippen MR) is 98.8 cm³/mol. The number of aliphatic imine (C=N–C) groups is 1. The van der Waals surface area contributed by atoms with Crippen molar-refractivity contribution >= 4 is 11.9 Å². The van der Waals surface area contributed by atoms with Crippen molar-refractivity contribution in [1.82, 2.24) is 15.5 Å². The summed E-state index contributed by atoms with van der Waals surface area (Å²) in [5.41, 5.74) is 1.14. The Bertz CT molecular complexity index is 560. The maximum atomic E-state index is 12.5. The van der Waals surface area contributed by atoms with Crippen LogP contribution in [0, 0.1) is 0 Å². The van der Waals surface area contributed by atoms with Crippen molar-refractivity contribution in [2.24, 2.45) is 4.99 Å². The maximum Gasteiger partial charge on any atom is 0.244 e. The molecule has 0 aliphatic heterocycles. The Balaban J connectivity index is 1.91. The van der Waals surface area contributed by atoms with Gasteiger partial charge in [-0.05, 0) is 32.3 Å². The van der Waals surface area contributed by atoms with E-state index in [-0.39, 0.29) is 12.5 Å². The lowest BCUT2D eigenvalue weighted by Gasteiger charge is -2.21. The van der Waals surface area contributed by atoms with E-state index in [2.05, 4.69) is 27.8 Å². The zero-order chi connectivity index (χ0) is 17.2. The van der Waals surface area contributed by atoms with E-state index in [4.69, 9.17) is 0 Å². The Hall–Kier alpha value is -2.30. The van der Waals surface area contributed by atoms with Crippen LogP contribution in [0.3, 0.4) is 0 Å². The predicted octanol–water partition coefficient (Wildman–Crippen LogP) is 2.31. The van der Waals surface area contributed by atoms with Gasteiger partial charge < -0.3 is 15.5 Å². The van der Waals surface area contributed by atoms with Crippen LogP contribution in [0.25, 0.3) is 0 Å². The summed E-state index contributed by atoms with van der Waals surface area (Å²) in [5, 5.41) is 6.60. The van der Waals surface area contributed by atoms with Gasteiger partial charge in [-0.3, -0.25) is 4.79 Å². The first-order valence-corrected chi connectivity index (χ1v) is 8.74. The second-order valence-corrected chi connectivity index (χ2v) is 5.87. The van der Waals surface area contributed by atoms with Gasteiger partial charge in [-0.15, -0.1) is 0 Å². The number of nitrogens with one attached hydrogen (secondary N) is 2. The topological polar surface area (TPSA) is 56.7 Å². The first-order valence-electron chi connectivity index (χ1n) is 8.74. The maximum absolute atomic E-state index is 12.5. The normalized spacial score (nSPS) is 14.7. The molecule has 5 heteroatoms. The first-order chi connectivity index (χ1) is 11.7. The molecule has 0 bridgehead atoms. The Morgan fingerprint density at radius 2 is 1.92 bits per heavy atom. The van der Waals surface area contributed by atoms with Crippen molar-refractivity contribution in [2.45, 2.75) is 39.3 Å². The highest BCUT2D eigenvalue weighted by Gasteiger charge is 2.14. The molecule has 0 spiro atoms. The second-order valence-electron chi connectivity index (χ2n) is 5.87. The zero-order valence-electron chi connectivity index (χ0n) is 14.7. The van der Waals surface area contributed by atoms with E-state index >= 15 is 0 Å². The molecular weight excluding hydrogens is 300 g/mol. The summed E-state index contributed by atoms with van der Waals surface area (Å²) < 4.78 is 0. The molecule has 1 aromatic rings. The quantitative estimate of drug-likeness (QED) is 0.459. The molecular formula is C19H28N4O. The van der Waals surface area contributed by atoms with E-state index in [1.165, 1.54) is 0 Å². The molecule has 0 saturated heterocycles. The molecule has 1 amide bonds. The van der Waals surface area contributed by atoms with Crippen LogP contribution >= 0.6 is 0 Å². The second kappa shape index (κ2) is 9.75. The van der Waals surface area contributed by atoms with Gasteiger partial charge in [0.1, 0.15) is 6.54 Å². The molecule has 0 radical (unpaired) electrons. The summed E-state index contributed by atoms with van der Waals surface area (Å²) in [6, 6.07) is 10.4. The van der Waals surface area contributed by atoms with Gasteiger partial charge in [-0.2, -0.15) is 0 Å². The minimum Gasteiger partial charge on any atom is -0.357 e. The molecule has 2 N–H and O–H groups in total. The molecule has 24 heavy (non-hydrogen) atoms. The standard InChI is InChI=1S/C19H28N4O/c1-3-20-19(22-17-12-8-9-13-17)21-14-18(24)23(4-2)15-16-10-6-5-7-11-16/h5-11,17H,3-4,12-15H2,1-2H3,(H2,20,21,22). The summed E-state index contributed by atoms with van der Waals surface area (Å²) in [4.78, 5) is 18.8. The van der Waals surface area contributed by atoms with Crippen molar-refractivity contribution < 1.29 is 4.79 Å². The van der Waals surface area contributed by atoms with Crippen molar-refractivity contribution in [3.8, 4) is 0 Å². The Morgan fingerprint density at radius 3 is 2.54 bits per heavy atom. The monoisotopic (exact) mass is 328 g/mol. The summed E-state index contributed by atoms with van der Waals surface area (Å²) >= 11 is 0. The van der Waals surface area contributed by atoms with Gasteiger partial charge in [0.05, 0.1) is 0 Å². The Labute approximate surface area is 144 Å². The number of carbonyl (C=O) groups excluding carboxylic acids is 1. The first kappa shape index (κ1) is 18.0. The molecule has 0 aromatic heterocycles. The molecule has 0 atom stereocenters. The molecule has 1 aliphatic rings. The highest BCUT2D eigenvalue weighted by Crippen LogP contribution is 2.09. The molecule has 0 unspecified atom stereocenters. The highest BCUT2D eigenvalue weighted by atomic mass is 16.2. The third-order valence-electron chi connectivity index (χ3n) is 4.02. The number of nitrogens with zero attached hydrogens (tertiary/aromatic N) is 2. The zero-order valence-corrected chi connectivity index (χ0v) is 14.7. The summed E-state index contributed by atoms with van der Waals surface area (Å²) in [5.74, 6) is 0.762. The third-order valence-corrected chi connectivity index (χ3v) is 4.02. The van der Waals surface area contributed by atoms with Crippen LogP contribution < -0.4 is 10.6 Å². The number of benzene rings is 1. The number of rotatable bonds is 7. The molecule has 0 fully saturated rings. The lowest BCUT2D eigenvalue weighted by molar-refractivity contribution is -0.130. The van der Waals surface area contributed by atoms with Crippen LogP contribution in [-0.2, 0) is 11.3 Å². The van der Waals surface area contributed by atoms with E-state index in [9.17, 15) is 4.79 Å². The molecule has 5 nitrogen and oxygen atoms in total. The molecule has 1 aliphatic carbocycles. The van der Waals surface area contributed by atoms with Crippen LogP contribution in [0.2, 0.25) is 0 Å². The number of hydrogen-bond donors (Lipinski definition) is 2. The molecule has 0 saturated carbocycles. The van der Waals surface area contributed by atoms with Crippen LogP contribution in [-0.4, -0.2) is 42.4 Å².